The summed E-state index contributed by atoms with van der Waals surface area (Å²) in [4.78, 5) is 16.6. The molecule has 7 heteroatoms. The number of furan rings is 1. The molecule has 4 rings (SSSR count). The highest BCUT2D eigenvalue weighted by Gasteiger charge is 2.28. The lowest BCUT2D eigenvalue weighted by Crippen LogP contribution is -2.14. The summed E-state index contributed by atoms with van der Waals surface area (Å²) in [6.07, 6.45) is 4.26. The van der Waals surface area contributed by atoms with Gasteiger partial charge in [-0.1, -0.05) is 18.2 Å². The molecule has 132 valence electrons. The van der Waals surface area contributed by atoms with Crippen LogP contribution in [0.4, 0.5) is 10.8 Å². The molecule has 1 aliphatic carbocycles. The number of hydrogen-bond acceptors (Lipinski definition) is 6. The molecule has 1 amide bonds. The third kappa shape index (κ3) is 3.25. The fourth-order valence-electron chi connectivity index (χ4n) is 3.08. The highest BCUT2D eigenvalue weighted by Crippen LogP contribution is 2.30. The first-order valence-corrected chi connectivity index (χ1v) is 9.31. The van der Waals surface area contributed by atoms with Gasteiger partial charge in [-0.2, -0.15) is 5.10 Å². The van der Waals surface area contributed by atoms with Gasteiger partial charge in [-0.3, -0.25) is 15.5 Å². The number of rotatable bonds is 4. The Hall–Kier alpha value is -2.93. The van der Waals surface area contributed by atoms with E-state index in [0.29, 0.717) is 10.9 Å². The summed E-state index contributed by atoms with van der Waals surface area (Å²) in [6.45, 7) is 1.91. The Bertz CT molecular complexity index is 946. The van der Waals surface area contributed by atoms with E-state index in [4.69, 9.17) is 4.42 Å². The minimum atomic E-state index is -0.276. The van der Waals surface area contributed by atoms with Crippen LogP contribution in [0.15, 0.2) is 51.4 Å². The zero-order valence-electron chi connectivity index (χ0n) is 14.3. The van der Waals surface area contributed by atoms with E-state index in [1.807, 2.05) is 42.6 Å². The van der Waals surface area contributed by atoms with Crippen molar-refractivity contribution in [3.8, 4) is 0 Å². The van der Waals surface area contributed by atoms with Gasteiger partial charge < -0.3 is 4.42 Å². The van der Waals surface area contributed by atoms with Gasteiger partial charge in [0.25, 0.3) is 5.91 Å². The maximum absolute atomic E-state index is 12.5. The molecule has 2 aromatic heterocycles. The van der Waals surface area contributed by atoms with Gasteiger partial charge in [0.1, 0.15) is 5.76 Å². The number of thiazole rings is 1. The van der Waals surface area contributed by atoms with Crippen LogP contribution in [-0.4, -0.2) is 16.6 Å². The summed E-state index contributed by atoms with van der Waals surface area (Å²) >= 11 is 1.37. The van der Waals surface area contributed by atoms with E-state index in [1.54, 1.807) is 6.20 Å². The highest BCUT2D eigenvalue weighted by atomic mass is 32.1. The van der Waals surface area contributed by atoms with Crippen LogP contribution in [0, 0.1) is 6.92 Å². The maximum atomic E-state index is 12.5. The number of nitrogens with zero attached hydrogens (tertiary/aromatic N) is 2. The maximum Gasteiger partial charge on any atom is 0.293 e. The lowest BCUT2D eigenvalue weighted by Gasteiger charge is -2.13. The monoisotopic (exact) mass is 366 g/mol. The number of nitrogens with one attached hydrogen (secondary N) is 2. The van der Waals surface area contributed by atoms with Gasteiger partial charge in [0.2, 0.25) is 0 Å². The zero-order valence-corrected chi connectivity index (χ0v) is 15.1. The average molecular weight is 366 g/mol. The topological polar surface area (TPSA) is 79.5 Å². The Labute approximate surface area is 155 Å². The molecule has 0 saturated heterocycles. The van der Waals surface area contributed by atoms with Crippen LogP contribution in [0.3, 0.4) is 0 Å². The van der Waals surface area contributed by atoms with Gasteiger partial charge in [0.05, 0.1) is 11.4 Å². The van der Waals surface area contributed by atoms with Crippen LogP contribution in [0.1, 0.15) is 40.3 Å². The molecule has 3 aromatic rings. The molecule has 2 heterocycles. The van der Waals surface area contributed by atoms with Gasteiger partial charge in [0.15, 0.2) is 10.9 Å². The number of amides is 1. The minimum absolute atomic E-state index is 0.276. The molecular formula is C19H18N4O2S. The van der Waals surface area contributed by atoms with Crippen molar-refractivity contribution in [3.63, 3.8) is 0 Å². The molecule has 0 saturated carbocycles. The third-order valence-corrected chi connectivity index (χ3v) is 4.97. The lowest BCUT2D eigenvalue weighted by molar-refractivity contribution is 0.0994. The van der Waals surface area contributed by atoms with Crippen molar-refractivity contribution in [3.05, 3.63) is 64.6 Å². The largest absolute Gasteiger partial charge is 0.455 e. The molecule has 0 aliphatic heterocycles. The average Bonchev–Trinajstić information content (AvgIpc) is 3.29. The first kappa shape index (κ1) is 16.5. The van der Waals surface area contributed by atoms with E-state index in [2.05, 4.69) is 20.8 Å². The van der Waals surface area contributed by atoms with Crippen LogP contribution in [0.25, 0.3) is 0 Å². The molecule has 1 aromatic carbocycles. The van der Waals surface area contributed by atoms with Crippen molar-refractivity contribution < 1.29 is 9.21 Å². The van der Waals surface area contributed by atoms with Crippen molar-refractivity contribution in [2.45, 2.75) is 26.2 Å². The minimum Gasteiger partial charge on any atom is -0.455 e. The molecule has 0 unspecified atom stereocenters. The molecule has 2 N–H and O–H groups in total. The second-order valence-electron chi connectivity index (χ2n) is 6.04. The van der Waals surface area contributed by atoms with Gasteiger partial charge >= 0.3 is 0 Å². The summed E-state index contributed by atoms with van der Waals surface area (Å²) in [5.41, 5.74) is 6.71. The number of benzene rings is 1. The van der Waals surface area contributed by atoms with Crippen LogP contribution < -0.4 is 10.7 Å². The SMILES string of the molecule is Cc1c(C(=O)Nc2nccs2)oc2c1/C(=N/Nc1ccccc1)CCC2. The first-order chi connectivity index (χ1) is 12.7. The second-order valence-corrected chi connectivity index (χ2v) is 6.93. The summed E-state index contributed by atoms with van der Waals surface area (Å²) in [7, 11) is 0. The van der Waals surface area contributed by atoms with Gasteiger partial charge in [-0.25, -0.2) is 4.98 Å². The Kier molecular flexibility index (Phi) is 4.53. The number of carbonyl (C=O) groups excluding carboxylic acids is 1. The van der Waals surface area contributed by atoms with Crippen molar-refractivity contribution >= 4 is 33.8 Å². The van der Waals surface area contributed by atoms with Crippen LogP contribution in [0.2, 0.25) is 0 Å². The molecule has 0 atom stereocenters. The molecule has 6 nitrogen and oxygen atoms in total. The van der Waals surface area contributed by atoms with Gasteiger partial charge in [-0.15, -0.1) is 11.3 Å². The van der Waals surface area contributed by atoms with Crippen molar-refractivity contribution in [2.24, 2.45) is 5.10 Å². The standard InChI is InChI=1S/C19H18N4O2S/c1-12-16-14(23-22-13-6-3-2-4-7-13)8-5-9-15(16)25-17(12)18(24)21-19-20-10-11-26-19/h2-4,6-7,10-11,22H,5,8-9H2,1H3,(H,20,21,24)/b23-14+. The lowest BCUT2D eigenvalue weighted by atomic mass is 9.93. The van der Waals surface area contributed by atoms with E-state index in [1.165, 1.54) is 11.3 Å². The number of hydrogen-bond donors (Lipinski definition) is 2. The first-order valence-electron chi connectivity index (χ1n) is 8.43. The highest BCUT2D eigenvalue weighted by molar-refractivity contribution is 7.13. The second kappa shape index (κ2) is 7.13. The number of para-hydroxylation sites is 1. The van der Waals surface area contributed by atoms with E-state index in [0.717, 1.165) is 47.5 Å². The van der Waals surface area contributed by atoms with E-state index in [9.17, 15) is 4.79 Å². The Morgan fingerprint density at radius 1 is 1.27 bits per heavy atom. The molecule has 1 aliphatic rings. The van der Waals surface area contributed by atoms with Gasteiger partial charge in [-0.05, 0) is 31.9 Å². The third-order valence-electron chi connectivity index (χ3n) is 4.28. The summed E-state index contributed by atoms with van der Waals surface area (Å²) in [6, 6.07) is 9.80. The number of fused-ring (bicyclic) bond motifs is 1. The fourth-order valence-corrected chi connectivity index (χ4v) is 3.60. The molecule has 0 bridgehead atoms. The number of hydrazone groups is 1. The van der Waals surface area contributed by atoms with E-state index < -0.39 is 0 Å². The quantitative estimate of drug-likeness (QED) is 0.669. The number of aromatic nitrogens is 1. The summed E-state index contributed by atoms with van der Waals surface area (Å²) in [5.74, 6) is 0.883. The smallest absolute Gasteiger partial charge is 0.293 e. The predicted molar refractivity (Wildman–Crippen MR) is 103 cm³/mol. The van der Waals surface area contributed by atoms with Crippen LogP contribution in [-0.2, 0) is 6.42 Å². The van der Waals surface area contributed by atoms with Crippen molar-refractivity contribution in [1.82, 2.24) is 4.98 Å². The molecular weight excluding hydrogens is 348 g/mol. The normalized spacial score (nSPS) is 14.9. The predicted octanol–water partition coefficient (Wildman–Crippen LogP) is 4.45. The Morgan fingerprint density at radius 3 is 2.88 bits per heavy atom. The van der Waals surface area contributed by atoms with E-state index in [-0.39, 0.29) is 5.91 Å². The molecule has 26 heavy (non-hydrogen) atoms. The number of anilines is 2. The Balaban J connectivity index is 1.61. The molecule has 0 spiro atoms. The van der Waals surface area contributed by atoms with Crippen LogP contribution >= 0.6 is 11.3 Å². The van der Waals surface area contributed by atoms with Gasteiger partial charge in [0, 0.05) is 29.1 Å². The molecule has 0 radical (unpaired) electrons. The summed E-state index contributed by atoms with van der Waals surface area (Å²) in [5, 5.41) is 9.72. The van der Waals surface area contributed by atoms with Crippen molar-refractivity contribution in [2.75, 3.05) is 10.7 Å². The zero-order chi connectivity index (χ0) is 17.9. The van der Waals surface area contributed by atoms with E-state index >= 15 is 0 Å². The van der Waals surface area contributed by atoms with Crippen LogP contribution in [0.5, 0.6) is 0 Å². The summed E-state index contributed by atoms with van der Waals surface area (Å²) < 4.78 is 5.89. The number of carbonyl (C=O) groups is 1. The molecule has 0 fully saturated rings. The fraction of sp³-hybridized carbons (Fsp3) is 0.211. The Morgan fingerprint density at radius 2 is 2.12 bits per heavy atom. The van der Waals surface area contributed by atoms with Crippen molar-refractivity contribution in [1.29, 1.82) is 0 Å². The number of aryl methyl sites for hydroxylation is 1.